The van der Waals surface area contributed by atoms with Gasteiger partial charge < -0.3 is 10.6 Å². The zero-order chi connectivity index (χ0) is 17.0. The second-order valence-corrected chi connectivity index (χ2v) is 5.50. The average molecular weight is 344 g/mol. The molecule has 0 aliphatic carbocycles. The van der Waals surface area contributed by atoms with Gasteiger partial charge in [-0.1, -0.05) is 11.6 Å². The SMILES string of the molecule is C[C@@H]([NH2+]CC(=O)Nc1ccc(Cl)cc1F)c1ccc(F)cc1F. The highest BCUT2D eigenvalue weighted by molar-refractivity contribution is 6.30. The van der Waals surface area contributed by atoms with Crippen LogP contribution in [0.25, 0.3) is 0 Å². The first kappa shape index (κ1) is 17.3. The van der Waals surface area contributed by atoms with Crippen LogP contribution in [-0.4, -0.2) is 12.5 Å². The highest BCUT2D eigenvalue weighted by Crippen LogP contribution is 2.18. The van der Waals surface area contributed by atoms with Gasteiger partial charge in [-0.15, -0.1) is 0 Å². The van der Waals surface area contributed by atoms with Crippen molar-refractivity contribution in [1.82, 2.24) is 0 Å². The van der Waals surface area contributed by atoms with Crippen molar-refractivity contribution in [3.8, 4) is 0 Å². The van der Waals surface area contributed by atoms with Crippen LogP contribution in [0.4, 0.5) is 18.9 Å². The van der Waals surface area contributed by atoms with Crippen LogP contribution in [-0.2, 0) is 4.79 Å². The third-order valence-corrected chi connectivity index (χ3v) is 3.55. The molecule has 0 unspecified atom stereocenters. The van der Waals surface area contributed by atoms with Gasteiger partial charge in [0, 0.05) is 16.7 Å². The third kappa shape index (κ3) is 4.71. The predicted octanol–water partition coefficient (Wildman–Crippen LogP) is 3.02. The number of nitrogens with two attached hydrogens (primary N) is 1. The van der Waals surface area contributed by atoms with E-state index in [2.05, 4.69) is 5.32 Å². The minimum absolute atomic E-state index is 0.0217. The van der Waals surface area contributed by atoms with Crippen molar-refractivity contribution in [2.45, 2.75) is 13.0 Å². The van der Waals surface area contributed by atoms with Gasteiger partial charge in [-0.25, -0.2) is 13.2 Å². The van der Waals surface area contributed by atoms with E-state index >= 15 is 0 Å². The van der Waals surface area contributed by atoms with Gasteiger partial charge in [-0.05, 0) is 37.3 Å². The van der Waals surface area contributed by atoms with Crippen LogP contribution in [0.3, 0.4) is 0 Å². The molecular weight excluding hydrogens is 329 g/mol. The van der Waals surface area contributed by atoms with Crippen molar-refractivity contribution < 1.29 is 23.3 Å². The van der Waals surface area contributed by atoms with Crippen molar-refractivity contribution in [2.24, 2.45) is 0 Å². The van der Waals surface area contributed by atoms with Crippen LogP contribution in [0, 0.1) is 17.5 Å². The Morgan fingerprint density at radius 3 is 2.57 bits per heavy atom. The van der Waals surface area contributed by atoms with E-state index in [0.717, 1.165) is 18.2 Å². The van der Waals surface area contributed by atoms with Crippen molar-refractivity contribution in [1.29, 1.82) is 0 Å². The van der Waals surface area contributed by atoms with Crippen LogP contribution in [0.5, 0.6) is 0 Å². The Morgan fingerprint density at radius 2 is 1.91 bits per heavy atom. The Labute approximate surface area is 136 Å². The maximum absolute atomic E-state index is 13.6. The fraction of sp³-hybridized carbons (Fsp3) is 0.188. The molecule has 3 N–H and O–H groups in total. The van der Waals surface area contributed by atoms with Gasteiger partial charge in [0.15, 0.2) is 6.54 Å². The summed E-state index contributed by atoms with van der Waals surface area (Å²) in [5, 5.41) is 4.21. The number of quaternary nitrogens is 1. The molecule has 0 fully saturated rings. The first-order valence-electron chi connectivity index (χ1n) is 6.90. The molecule has 0 bridgehead atoms. The van der Waals surface area contributed by atoms with Gasteiger partial charge in [0.2, 0.25) is 0 Å². The average Bonchev–Trinajstić information content (AvgIpc) is 2.48. The van der Waals surface area contributed by atoms with E-state index < -0.39 is 29.4 Å². The van der Waals surface area contributed by atoms with Crippen molar-refractivity contribution >= 4 is 23.2 Å². The molecule has 7 heteroatoms. The van der Waals surface area contributed by atoms with E-state index in [-0.39, 0.29) is 22.8 Å². The Kier molecular flexibility index (Phi) is 5.63. The normalized spacial score (nSPS) is 12.0. The number of carbonyl (C=O) groups excluding carboxylic acids is 1. The number of anilines is 1. The summed E-state index contributed by atoms with van der Waals surface area (Å²) < 4.78 is 40.1. The fourth-order valence-electron chi connectivity index (χ4n) is 2.07. The first-order valence-corrected chi connectivity index (χ1v) is 7.28. The summed E-state index contributed by atoms with van der Waals surface area (Å²) in [5.41, 5.74) is 0.310. The Balaban J connectivity index is 1.93. The lowest BCUT2D eigenvalue weighted by Gasteiger charge is -2.12. The van der Waals surface area contributed by atoms with E-state index in [1.54, 1.807) is 12.2 Å². The molecule has 1 amide bonds. The summed E-state index contributed by atoms with van der Waals surface area (Å²) in [6, 6.07) is 6.81. The molecule has 0 aliphatic rings. The van der Waals surface area contributed by atoms with E-state index in [9.17, 15) is 18.0 Å². The van der Waals surface area contributed by atoms with Crippen LogP contribution < -0.4 is 10.6 Å². The van der Waals surface area contributed by atoms with E-state index in [0.29, 0.717) is 0 Å². The Hall–Kier alpha value is -2.05. The van der Waals surface area contributed by atoms with Gasteiger partial charge in [0.25, 0.3) is 5.91 Å². The Bertz CT molecular complexity index is 724. The highest BCUT2D eigenvalue weighted by atomic mass is 35.5. The summed E-state index contributed by atoms with van der Waals surface area (Å²) in [6.07, 6.45) is 0. The monoisotopic (exact) mass is 343 g/mol. The third-order valence-electron chi connectivity index (χ3n) is 3.32. The zero-order valence-electron chi connectivity index (χ0n) is 12.2. The summed E-state index contributed by atoms with van der Waals surface area (Å²) in [6.45, 7) is 1.65. The van der Waals surface area contributed by atoms with Crippen molar-refractivity contribution in [3.05, 3.63) is 64.4 Å². The van der Waals surface area contributed by atoms with Crippen LogP contribution >= 0.6 is 11.6 Å². The molecule has 0 saturated carbocycles. The lowest BCUT2D eigenvalue weighted by atomic mass is 10.1. The van der Waals surface area contributed by atoms with Crippen molar-refractivity contribution in [3.63, 3.8) is 0 Å². The molecule has 0 saturated heterocycles. The number of nitrogens with one attached hydrogen (secondary N) is 1. The second-order valence-electron chi connectivity index (χ2n) is 5.07. The Morgan fingerprint density at radius 1 is 1.17 bits per heavy atom. The summed E-state index contributed by atoms with van der Waals surface area (Å²) in [5.74, 6) is -2.41. The molecule has 0 aromatic heterocycles. The lowest BCUT2D eigenvalue weighted by molar-refractivity contribution is -0.682. The predicted molar refractivity (Wildman–Crippen MR) is 81.6 cm³/mol. The van der Waals surface area contributed by atoms with E-state index in [1.165, 1.54) is 18.2 Å². The number of hydrogen-bond donors (Lipinski definition) is 2. The molecule has 2 aromatic rings. The summed E-state index contributed by atoms with van der Waals surface area (Å²) in [7, 11) is 0. The maximum atomic E-state index is 13.6. The van der Waals surface area contributed by atoms with Crippen LogP contribution in [0.1, 0.15) is 18.5 Å². The molecular formula is C16H15ClF3N2O+. The second kappa shape index (κ2) is 7.48. The molecule has 122 valence electrons. The number of carbonyl (C=O) groups is 1. The number of amides is 1. The standard InChI is InChI=1S/C16H14ClF3N2O/c1-9(12-4-3-11(18)7-13(12)19)21-8-16(23)22-15-5-2-10(17)6-14(15)20/h2-7,9,21H,8H2,1H3,(H,22,23)/p+1/t9-/m1/s1. The van der Waals surface area contributed by atoms with Gasteiger partial charge in [0.05, 0.1) is 5.69 Å². The zero-order valence-corrected chi connectivity index (χ0v) is 13.0. The number of rotatable bonds is 5. The van der Waals surface area contributed by atoms with Gasteiger partial charge in [-0.2, -0.15) is 0 Å². The number of hydrogen-bond acceptors (Lipinski definition) is 1. The first-order chi connectivity index (χ1) is 10.9. The number of halogens is 4. The highest BCUT2D eigenvalue weighted by Gasteiger charge is 2.16. The maximum Gasteiger partial charge on any atom is 0.279 e. The quantitative estimate of drug-likeness (QED) is 0.861. The van der Waals surface area contributed by atoms with Crippen LogP contribution in [0.2, 0.25) is 5.02 Å². The minimum atomic E-state index is -0.669. The molecule has 0 radical (unpaired) electrons. The van der Waals surface area contributed by atoms with E-state index in [1.807, 2.05) is 0 Å². The van der Waals surface area contributed by atoms with Gasteiger partial charge >= 0.3 is 0 Å². The fourth-order valence-corrected chi connectivity index (χ4v) is 2.23. The molecule has 0 spiro atoms. The summed E-state index contributed by atoms with van der Waals surface area (Å²) >= 11 is 5.63. The molecule has 2 rings (SSSR count). The van der Waals surface area contributed by atoms with E-state index in [4.69, 9.17) is 11.6 Å². The largest absolute Gasteiger partial charge is 0.332 e. The molecule has 23 heavy (non-hydrogen) atoms. The molecule has 1 atom stereocenters. The molecule has 3 nitrogen and oxygen atoms in total. The molecule has 0 heterocycles. The van der Waals surface area contributed by atoms with Gasteiger partial charge in [-0.3, -0.25) is 4.79 Å². The van der Waals surface area contributed by atoms with Crippen molar-refractivity contribution in [2.75, 3.05) is 11.9 Å². The molecule has 0 aliphatic heterocycles. The minimum Gasteiger partial charge on any atom is -0.332 e. The summed E-state index contributed by atoms with van der Waals surface area (Å²) in [4.78, 5) is 11.8. The topological polar surface area (TPSA) is 45.7 Å². The van der Waals surface area contributed by atoms with Crippen LogP contribution in [0.15, 0.2) is 36.4 Å². The lowest BCUT2D eigenvalue weighted by Crippen LogP contribution is -2.86. The molecule has 2 aromatic carbocycles. The van der Waals surface area contributed by atoms with Gasteiger partial charge in [0.1, 0.15) is 23.5 Å². The number of benzene rings is 2. The smallest absolute Gasteiger partial charge is 0.279 e.